The largest absolute Gasteiger partial charge is 0.376 e. The zero-order valence-corrected chi connectivity index (χ0v) is 15.4. The minimum absolute atomic E-state index is 0.0352. The third-order valence-corrected chi connectivity index (χ3v) is 4.17. The quantitative estimate of drug-likeness (QED) is 0.594. The Balaban J connectivity index is 2.05. The summed E-state index contributed by atoms with van der Waals surface area (Å²) in [4.78, 5) is 17.5. The molecule has 2 atom stereocenters. The molecule has 2 rings (SSSR count). The highest BCUT2D eigenvalue weighted by atomic mass is 19.1. The van der Waals surface area contributed by atoms with E-state index in [1.807, 2.05) is 0 Å². The Morgan fingerprint density at radius 2 is 2.19 bits per heavy atom. The van der Waals surface area contributed by atoms with E-state index >= 15 is 0 Å². The van der Waals surface area contributed by atoms with E-state index in [0.29, 0.717) is 18.1 Å². The van der Waals surface area contributed by atoms with E-state index in [2.05, 4.69) is 15.6 Å². The third kappa shape index (κ3) is 5.94. The first kappa shape index (κ1) is 20.1. The van der Waals surface area contributed by atoms with Crippen LogP contribution >= 0.6 is 0 Å². The molecule has 1 aromatic rings. The first-order valence-electron chi connectivity index (χ1n) is 8.68. The second-order valence-corrected chi connectivity index (χ2v) is 6.50. The van der Waals surface area contributed by atoms with Gasteiger partial charge in [-0.2, -0.15) is 0 Å². The molecule has 1 amide bonds. The number of hydrogen-bond donors (Lipinski definition) is 2. The van der Waals surface area contributed by atoms with Crippen molar-refractivity contribution in [1.82, 2.24) is 15.5 Å². The number of amides is 1. The summed E-state index contributed by atoms with van der Waals surface area (Å²) in [5, 5.41) is 6.20. The van der Waals surface area contributed by atoms with Crippen molar-refractivity contribution in [3.05, 3.63) is 35.4 Å². The van der Waals surface area contributed by atoms with E-state index in [-0.39, 0.29) is 18.6 Å². The molecule has 144 valence electrons. The zero-order chi connectivity index (χ0) is 19.1. The van der Waals surface area contributed by atoms with Crippen LogP contribution in [0.2, 0.25) is 0 Å². The molecular weight excluding hydrogens is 342 g/mol. The van der Waals surface area contributed by atoms with Crippen molar-refractivity contribution in [1.29, 1.82) is 0 Å². The van der Waals surface area contributed by atoms with Crippen LogP contribution in [0.25, 0.3) is 0 Å². The number of halogens is 2. The fraction of sp³-hybridized carbons (Fsp3) is 0.556. The summed E-state index contributed by atoms with van der Waals surface area (Å²) in [6.07, 6.45) is 2.06. The molecule has 0 spiro atoms. The van der Waals surface area contributed by atoms with Crippen LogP contribution in [0.15, 0.2) is 23.2 Å². The van der Waals surface area contributed by atoms with Gasteiger partial charge in [0.15, 0.2) is 5.96 Å². The molecule has 0 bridgehead atoms. The van der Waals surface area contributed by atoms with Crippen molar-refractivity contribution in [2.24, 2.45) is 4.99 Å². The van der Waals surface area contributed by atoms with Gasteiger partial charge in [-0.3, -0.25) is 4.79 Å². The standard InChI is InChI=1S/C18H26F2N4O2/c1-12(15-7-6-13(19)9-16(15)20)23-18(22-11-17(25)24(2)3)21-10-14-5-4-8-26-14/h6-7,9,12,14H,4-5,8,10-11H2,1-3H3,(H2,21,22,23). The molecule has 0 radical (unpaired) electrons. The van der Waals surface area contributed by atoms with Crippen molar-refractivity contribution < 1.29 is 18.3 Å². The average molecular weight is 368 g/mol. The van der Waals surface area contributed by atoms with Crippen molar-refractivity contribution >= 4 is 11.9 Å². The number of likely N-dealkylation sites (N-methyl/N-ethyl adjacent to an activating group) is 1. The van der Waals surface area contributed by atoms with Crippen molar-refractivity contribution in [3.63, 3.8) is 0 Å². The molecule has 1 heterocycles. The lowest BCUT2D eigenvalue weighted by atomic mass is 10.1. The Morgan fingerprint density at radius 1 is 1.42 bits per heavy atom. The lowest BCUT2D eigenvalue weighted by molar-refractivity contribution is -0.127. The highest BCUT2D eigenvalue weighted by Gasteiger charge is 2.18. The van der Waals surface area contributed by atoms with Crippen LogP contribution < -0.4 is 10.6 Å². The number of nitrogens with one attached hydrogen (secondary N) is 2. The van der Waals surface area contributed by atoms with Gasteiger partial charge >= 0.3 is 0 Å². The summed E-state index contributed by atoms with van der Waals surface area (Å²) in [5.74, 6) is -1.02. The normalized spacial score (nSPS) is 18.5. The maximum Gasteiger partial charge on any atom is 0.243 e. The van der Waals surface area contributed by atoms with Crippen molar-refractivity contribution in [2.75, 3.05) is 33.8 Å². The Kier molecular flexibility index (Phi) is 7.32. The minimum atomic E-state index is -0.632. The number of ether oxygens (including phenoxy) is 1. The van der Waals surface area contributed by atoms with Gasteiger partial charge in [0.05, 0.1) is 12.1 Å². The predicted octanol–water partition coefficient (Wildman–Crippen LogP) is 1.83. The molecule has 0 aliphatic carbocycles. The first-order chi connectivity index (χ1) is 12.4. The maximum absolute atomic E-state index is 14.0. The molecule has 1 aliphatic rings. The number of rotatable bonds is 6. The average Bonchev–Trinajstić information content (AvgIpc) is 3.10. The van der Waals surface area contributed by atoms with Gasteiger partial charge < -0.3 is 20.3 Å². The van der Waals surface area contributed by atoms with Crippen LogP contribution in [0, 0.1) is 11.6 Å². The van der Waals surface area contributed by atoms with Crippen molar-refractivity contribution in [3.8, 4) is 0 Å². The van der Waals surface area contributed by atoms with Gasteiger partial charge in [0.2, 0.25) is 5.91 Å². The fourth-order valence-corrected chi connectivity index (χ4v) is 2.59. The van der Waals surface area contributed by atoms with Gasteiger partial charge in [0, 0.05) is 38.9 Å². The Labute approximate surface area is 152 Å². The van der Waals surface area contributed by atoms with Crippen LogP contribution in [0.4, 0.5) is 8.78 Å². The van der Waals surface area contributed by atoms with E-state index in [0.717, 1.165) is 25.5 Å². The lowest BCUT2D eigenvalue weighted by Crippen LogP contribution is -2.43. The third-order valence-electron chi connectivity index (χ3n) is 4.17. The Morgan fingerprint density at radius 3 is 2.81 bits per heavy atom. The van der Waals surface area contributed by atoms with Gasteiger partial charge in [0.1, 0.15) is 18.2 Å². The molecule has 2 unspecified atom stereocenters. The molecule has 0 aromatic heterocycles. The number of hydrogen-bond acceptors (Lipinski definition) is 3. The summed E-state index contributed by atoms with van der Waals surface area (Å²) >= 11 is 0. The van der Waals surface area contributed by atoms with E-state index < -0.39 is 17.7 Å². The molecule has 0 saturated carbocycles. The smallest absolute Gasteiger partial charge is 0.243 e. The summed E-state index contributed by atoms with van der Waals surface area (Å²) in [5.41, 5.74) is 0.317. The molecule has 1 saturated heterocycles. The molecule has 2 N–H and O–H groups in total. The van der Waals surface area contributed by atoms with Gasteiger partial charge in [-0.25, -0.2) is 13.8 Å². The molecule has 26 heavy (non-hydrogen) atoms. The second-order valence-electron chi connectivity index (χ2n) is 6.50. The minimum Gasteiger partial charge on any atom is -0.376 e. The summed E-state index contributed by atoms with van der Waals surface area (Å²) in [7, 11) is 3.31. The second kappa shape index (κ2) is 9.47. The number of guanidine groups is 1. The van der Waals surface area contributed by atoms with Crippen molar-refractivity contribution in [2.45, 2.75) is 31.9 Å². The molecular formula is C18H26F2N4O2. The SMILES string of the molecule is CC(NC(=NCC(=O)N(C)C)NCC1CCCO1)c1ccc(F)cc1F. The van der Waals surface area contributed by atoms with E-state index in [4.69, 9.17) is 4.74 Å². The Hall–Kier alpha value is -2.22. The molecule has 1 aromatic carbocycles. The van der Waals surface area contributed by atoms with E-state index in [1.165, 1.54) is 17.0 Å². The lowest BCUT2D eigenvalue weighted by Gasteiger charge is -2.21. The van der Waals surface area contributed by atoms with Gasteiger partial charge in [-0.1, -0.05) is 6.07 Å². The zero-order valence-electron chi connectivity index (χ0n) is 15.4. The molecule has 1 aliphatic heterocycles. The fourth-order valence-electron chi connectivity index (χ4n) is 2.59. The number of benzene rings is 1. The van der Waals surface area contributed by atoms with Crippen LogP contribution in [-0.2, 0) is 9.53 Å². The van der Waals surface area contributed by atoms with E-state index in [9.17, 15) is 13.6 Å². The topological polar surface area (TPSA) is 66.0 Å². The number of nitrogens with zero attached hydrogens (tertiary/aromatic N) is 2. The summed E-state index contributed by atoms with van der Waals surface area (Å²) < 4.78 is 32.6. The highest BCUT2D eigenvalue weighted by Crippen LogP contribution is 2.17. The molecule has 1 fully saturated rings. The summed E-state index contributed by atoms with van der Waals surface area (Å²) in [6.45, 7) is 2.99. The molecule has 8 heteroatoms. The number of carbonyl (C=O) groups is 1. The highest BCUT2D eigenvalue weighted by molar-refractivity contribution is 5.85. The maximum atomic E-state index is 14.0. The van der Waals surface area contributed by atoms with Gasteiger partial charge in [-0.15, -0.1) is 0 Å². The van der Waals surface area contributed by atoms with Crippen LogP contribution in [0.3, 0.4) is 0 Å². The summed E-state index contributed by atoms with van der Waals surface area (Å²) in [6, 6.07) is 2.99. The number of carbonyl (C=O) groups excluding carboxylic acids is 1. The van der Waals surface area contributed by atoms with Crippen LogP contribution in [0.5, 0.6) is 0 Å². The monoisotopic (exact) mass is 368 g/mol. The van der Waals surface area contributed by atoms with E-state index in [1.54, 1.807) is 21.0 Å². The predicted molar refractivity (Wildman–Crippen MR) is 95.9 cm³/mol. The van der Waals surface area contributed by atoms with Gasteiger partial charge in [0.25, 0.3) is 0 Å². The molecule has 6 nitrogen and oxygen atoms in total. The van der Waals surface area contributed by atoms with Crippen LogP contribution in [0.1, 0.15) is 31.4 Å². The first-order valence-corrected chi connectivity index (χ1v) is 8.68. The van der Waals surface area contributed by atoms with Gasteiger partial charge in [-0.05, 0) is 25.8 Å². The number of aliphatic imine (C=N–C) groups is 1. The van der Waals surface area contributed by atoms with Crippen LogP contribution in [-0.4, -0.2) is 56.7 Å². The Bertz CT molecular complexity index is 646.